The van der Waals surface area contributed by atoms with Gasteiger partial charge in [-0.05, 0) is 18.1 Å². The second-order valence-electron chi connectivity index (χ2n) is 5.46. The zero-order valence-corrected chi connectivity index (χ0v) is 14.0. The number of benzene rings is 1. The molecule has 0 bridgehead atoms. The number of rotatable bonds is 6. The highest BCUT2D eigenvalue weighted by atomic mass is 16.5. The van der Waals surface area contributed by atoms with Crippen molar-refractivity contribution in [2.24, 2.45) is 5.92 Å². The molecule has 7 heteroatoms. The number of ether oxygens (including phenoxy) is 1. The summed E-state index contributed by atoms with van der Waals surface area (Å²) in [5.41, 5.74) is 1.16. The molecular weight excluding hydrogens is 310 g/mol. The smallest absolute Gasteiger partial charge is 0.313 e. The number of methoxy groups -OCH3 is 1. The minimum atomic E-state index is -0.715. The first-order chi connectivity index (χ1) is 11.5. The Hall–Kier alpha value is -2.83. The van der Waals surface area contributed by atoms with E-state index in [4.69, 9.17) is 9.15 Å². The molecule has 2 N–H and O–H groups in total. The molecule has 2 rings (SSSR count). The standard InChI is InChI=1S/C17H21N3O4/c1-4-11(2)8-19-16(21)17(22)20-12-5-6-13(14(7-12)23-3)15-9-18-10-24-15/h5-7,9-11H,4,8H2,1-3H3,(H,19,21)(H,20,22). The Morgan fingerprint density at radius 2 is 2.12 bits per heavy atom. The number of carbonyl (C=O) groups is 2. The topological polar surface area (TPSA) is 93.5 Å². The Bertz CT molecular complexity index is 698. The third kappa shape index (κ3) is 4.34. The van der Waals surface area contributed by atoms with Crippen LogP contribution in [-0.2, 0) is 9.59 Å². The second-order valence-corrected chi connectivity index (χ2v) is 5.46. The number of nitrogens with one attached hydrogen (secondary N) is 2. The van der Waals surface area contributed by atoms with Gasteiger partial charge >= 0.3 is 11.8 Å². The summed E-state index contributed by atoms with van der Waals surface area (Å²) in [5, 5.41) is 5.16. The van der Waals surface area contributed by atoms with E-state index in [2.05, 4.69) is 15.6 Å². The van der Waals surface area contributed by atoms with E-state index in [1.165, 1.54) is 13.5 Å². The number of hydrogen-bond donors (Lipinski definition) is 2. The van der Waals surface area contributed by atoms with Crippen molar-refractivity contribution < 1.29 is 18.7 Å². The predicted molar refractivity (Wildman–Crippen MR) is 89.6 cm³/mol. The van der Waals surface area contributed by atoms with E-state index >= 15 is 0 Å². The van der Waals surface area contributed by atoms with Gasteiger partial charge in [-0.15, -0.1) is 0 Å². The first-order valence-corrected chi connectivity index (χ1v) is 7.71. The molecule has 2 aromatic rings. The van der Waals surface area contributed by atoms with Crippen LogP contribution < -0.4 is 15.4 Å². The van der Waals surface area contributed by atoms with Crippen LogP contribution in [0.2, 0.25) is 0 Å². The van der Waals surface area contributed by atoms with Crippen molar-refractivity contribution in [3.05, 3.63) is 30.8 Å². The van der Waals surface area contributed by atoms with Crippen molar-refractivity contribution in [3.63, 3.8) is 0 Å². The lowest BCUT2D eigenvalue weighted by atomic mass is 10.1. The van der Waals surface area contributed by atoms with Gasteiger partial charge < -0.3 is 19.8 Å². The SMILES string of the molecule is CCC(C)CNC(=O)C(=O)Nc1ccc(-c2cnco2)c(OC)c1. The van der Waals surface area contributed by atoms with Gasteiger partial charge in [0.15, 0.2) is 12.2 Å². The molecule has 0 radical (unpaired) electrons. The van der Waals surface area contributed by atoms with Crippen LogP contribution in [0.5, 0.6) is 5.75 Å². The lowest BCUT2D eigenvalue weighted by Gasteiger charge is -2.11. The van der Waals surface area contributed by atoms with Gasteiger partial charge in [0.1, 0.15) is 5.75 Å². The molecule has 128 valence electrons. The lowest BCUT2D eigenvalue weighted by Crippen LogP contribution is -2.37. The van der Waals surface area contributed by atoms with E-state index < -0.39 is 11.8 Å². The zero-order chi connectivity index (χ0) is 17.5. The zero-order valence-electron chi connectivity index (χ0n) is 14.0. The van der Waals surface area contributed by atoms with Gasteiger partial charge in [0.05, 0.1) is 18.9 Å². The summed E-state index contributed by atoms with van der Waals surface area (Å²) < 4.78 is 10.5. The number of anilines is 1. The summed E-state index contributed by atoms with van der Waals surface area (Å²) >= 11 is 0. The molecule has 24 heavy (non-hydrogen) atoms. The van der Waals surface area contributed by atoms with Crippen LogP contribution in [0, 0.1) is 5.92 Å². The molecule has 1 aromatic heterocycles. The van der Waals surface area contributed by atoms with E-state index in [9.17, 15) is 9.59 Å². The van der Waals surface area contributed by atoms with Crippen molar-refractivity contribution in [1.29, 1.82) is 0 Å². The minimum absolute atomic E-state index is 0.322. The number of hydrogen-bond acceptors (Lipinski definition) is 5. The first kappa shape index (κ1) is 17.5. The Morgan fingerprint density at radius 3 is 2.75 bits per heavy atom. The van der Waals surface area contributed by atoms with Gasteiger partial charge in [0, 0.05) is 18.3 Å². The summed E-state index contributed by atoms with van der Waals surface area (Å²) in [5.74, 6) is 0.00460. The van der Waals surface area contributed by atoms with Gasteiger partial charge in [-0.3, -0.25) is 9.59 Å². The third-order valence-electron chi connectivity index (χ3n) is 3.67. The van der Waals surface area contributed by atoms with Crippen LogP contribution in [0.3, 0.4) is 0 Å². The number of carbonyl (C=O) groups excluding carboxylic acids is 2. The molecular formula is C17H21N3O4. The van der Waals surface area contributed by atoms with E-state index in [1.54, 1.807) is 24.4 Å². The highest BCUT2D eigenvalue weighted by molar-refractivity contribution is 6.39. The molecule has 0 spiro atoms. The van der Waals surface area contributed by atoms with Crippen LogP contribution >= 0.6 is 0 Å². The summed E-state index contributed by atoms with van der Waals surface area (Å²) in [6.07, 6.45) is 3.83. The number of amides is 2. The van der Waals surface area contributed by atoms with Gasteiger partial charge in [-0.2, -0.15) is 0 Å². The van der Waals surface area contributed by atoms with Gasteiger partial charge in [-0.25, -0.2) is 4.98 Å². The molecule has 0 fully saturated rings. The summed E-state index contributed by atoms with van der Waals surface area (Å²) in [7, 11) is 1.51. The fourth-order valence-corrected chi connectivity index (χ4v) is 2.00. The average Bonchev–Trinajstić information content (AvgIpc) is 3.13. The Morgan fingerprint density at radius 1 is 1.33 bits per heavy atom. The summed E-state index contributed by atoms with van der Waals surface area (Å²) in [6.45, 7) is 4.50. The number of nitrogens with zero attached hydrogens (tertiary/aromatic N) is 1. The van der Waals surface area contributed by atoms with Crippen molar-refractivity contribution in [1.82, 2.24) is 10.3 Å². The molecule has 0 aliphatic rings. The highest BCUT2D eigenvalue weighted by Crippen LogP contribution is 2.32. The van der Waals surface area contributed by atoms with Crippen LogP contribution in [-0.4, -0.2) is 30.5 Å². The fraction of sp³-hybridized carbons (Fsp3) is 0.353. The third-order valence-corrected chi connectivity index (χ3v) is 3.67. The molecule has 0 saturated carbocycles. The monoisotopic (exact) mass is 331 g/mol. The molecule has 2 amide bonds. The van der Waals surface area contributed by atoms with E-state index in [-0.39, 0.29) is 0 Å². The van der Waals surface area contributed by atoms with Crippen molar-refractivity contribution in [3.8, 4) is 17.1 Å². The second kappa shape index (κ2) is 8.14. The largest absolute Gasteiger partial charge is 0.496 e. The van der Waals surface area contributed by atoms with E-state index in [0.29, 0.717) is 35.2 Å². The normalized spacial score (nSPS) is 11.6. The van der Waals surface area contributed by atoms with Gasteiger partial charge in [0.25, 0.3) is 0 Å². The highest BCUT2D eigenvalue weighted by Gasteiger charge is 2.16. The maximum atomic E-state index is 11.9. The van der Waals surface area contributed by atoms with Crippen LogP contribution in [0.4, 0.5) is 5.69 Å². The molecule has 0 aliphatic heterocycles. The molecule has 0 aliphatic carbocycles. The fourth-order valence-electron chi connectivity index (χ4n) is 2.00. The quantitative estimate of drug-likeness (QED) is 0.793. The van der Waals surface area contributed by atoms with E-state index in [0.717, 1.165) is 6.42 Å². The van der Waals surface area contributed by atoms with Crippen LogP contribution in [0.25, 0.3) is 11.3 Å². The van der Waals surface area contributed by atoms with Gasteiger partial charge in [-0.1, -0.05) is 20.3 Å². The predicted octanol–water partition coefficient (Wildman–Crippen LogP) is 2.45. The summed E-state index contributed by atoms with van der Waals surface area (Å²) in [6, 6.07) is 5.02. The minimum Gasteiger partial charge on any atom is -0.496 e. The number of oxazole rings is 1. The van der Waals surface area contributed by atoms with E-state index in [1.807, 2.05) is 13.8 Å². The first-order valence-electron chi connectivity index (χ1n) is 7.71. The Labute approximate surface area is 140 Å². The van der Waals surface area contributed by atoms with Gasteiger partial charge in [0.2, 0.25) is 0 Å². The molecule has 1 heterocycles. The average molecular weight is 331 g/mol. The molecule has 1 atom stereocenters. The van der Waals surface area contributed by atoms with Crippen molar-refractivity contribution in [2.45, 2.75) is 20.3 Å². The maximum absolute atomic E-state index is 11.9. The Kier molecular flexibility index (Phi) is 5.95. The Balaban J connectivity index is 2.05. The maximum Gasteiger partial charge on any atom is 0.313 e. The molecule has 1 aromatic carbocycles. The van der Waals surface area contributed by atoms with Crippen LogP contribution in [0.1, 0.15) is 20.3 Å². The van der Waals surface area contributed by atoms with Crippen LogP contribution in [0.15, 0.2) is 35.2 Å². The molecule has 0 saturated heterocycles. The molecule has 7 nitrogen and oxygen atoms in total. The molecule has 1 unspecified atom stereocenters. The summed E-state index contributed by atoms with van der Waals surface area (Å²) in [4.78, 5) is 27.6. The lowest BCUT2D eigenvalue weighted by molar-refractivity contribution is -0.136. The van der Waals surface area contributed by atoms with Crippen molar-refractivity contribution in [2.75, 3.05) is 19.0 Å². The number of aromatic nitrogens is 1. The van der Waals surface area contributed by atoms with Crippen molar-refractivity contribution >= 4 is 17.5 Å².